The Bertz CT molecular complexity index is 2290. The first-order chi connectivity index (χ1) is 29.0. The zero-order chi connectivity index (χ0) is 42.4. The molecule has 0 saturated heterocycles. The summed E-state index contributed by atoms with van der Waals surface area (Å²) in [7, 11) is 0. The minimum atomic E-state index is -1.22. The summed E-state index contributed by atoms with van der Waals surface area (Å²) >= 11 is 6.46. The standard InChI is InChI=1S/C48H47ClN4O7/c49-39-14-8-7-13-38(39)35-20-15-34(16-21-35)29-42-47(58)52-41(28-32-11-5-2-6-12-32)43(54)30-36(48(59)60)27-33-17-22-37(23-18-33)50-44(55)25-26-45(56)51-40(46(57)53-42)24-19-31-9-3-1-4-10-31/h1-18,20-23,36,40-42H,19,24-30H2,(H,50,55)(H,51,56)(H,52,58)(H,53,57)(H,59,60)/t36-,40-,41-,42+/m1/s1. The van der Waals surface area contributed by atoms with Crippen LogP contribution in [0.15, 0.2) is 133 Å². The second-order valence-corrected chi connectivity index (χ2v) is 15.4. The van der Waals surface area contributed by atoms with Crippen LogP contribution in [0.25, 0.3) is 11.1 Å². The number of aliphatic carboxylic acids is 1. The number of rotatable bonds is 9. The van der Waals surface area contributed by atoms with Gasteiger partial charge in [-0.05, 0) is 71.7 Å². The molecule has 5 aromatic carbocycles. The Morgan fingerprint density at radius 1 is 0.583 bits per heavy atom. The second kappa shape index (κ2) is 20.9. The minimum Gasteiger partial charge on any atom is -0.481 e. The number of carboxylic acids is 1. The lowest BCUT2D eigenvalue weighted by Crippen LogP contribution is -2.57. The molecule has 7 rings (SSSR count). The van der Waals surface area contributed by atoms with Crippen LogP contribution in [0.5, 0.6) is 0 Å². The molecule has 0 spiro atoms. The molecule has 5 N–H and O–H groups in total. The summed E-state index contributed by atoms with van der Waals surface area (Å²) in [5.41, 5.74) is 5.12. The quantitative estimate of drug-likeness (QED) is 0.106. The van der Waals surface area contributed by atoms with E-state index < -0.39 is 59.4 Å². The van der Waals surface area contributed by atoms with E-state index in [0.717, 1.165) is 22.3 Å². The van der Waals surface area contributed by atoms with Gasteiger partial charge in [-0.3, -0.25) is 28.8 Å². The molecule has 0 saturated carbocycles. The van der Waals surface area contributed by atoms with Crippen LogP contribution in [0, 0.1) is 5.92 Å². The van der Waals surface area contributed by atoms with Crippen molar-refractivity contribution in [3.05, 3.63) is 161 Å². The SMILES string of the molecule is O=C1CCC(=O)N[C@H](CCc2ccccc2)C(=O)N[C@@H](Cc2ccc(-c3ccccc3Cl)cc2)C(=O)N[C@H](Cc2ccccc2)C(=O)C[C@H](C(=O)O)Cc2ccc(cc2)N1. The summed E-state index contributed by atoms with van der Waals surface area (Å²) in [6.07, 6.45) is -0.0173. The van der Waals surface area contributed by atoms with Gasteiger partial charge in [0.25, 0.3) is 0 Å². The molecule has 0 unspecified atom stereocenters. The lowest BCUT2D eigenvalue weighted by molar-refractivity contribution is -0.144. The molecule has 2 aliphatic heterocycles. The smallest absolute Gasteiger partial charge is 0.307 e. The highest BCUT2D eigenvalue weighted by atomic mass is 35.5. The third-order valence-corrected chi connectivity index (χ3v) is 10.8. The summed E-state index contributed by atoms with van der Waals surface area (Å²) in [4.78, 5) is 81.7. The van der Waals surface area contributed by atoms with Crippen molar-refractivity contribution >= 4 is 52.7 Å². The number of ketones is 1. The Morgan fingerprint density at radius 3 is 1.82 bits per heavy atom. The number of anilines is 1. The van der Waals surface area contributed by atoms with Gasteiger partial charge < -0.3 is 26.4 Å². The van der Waals surface area contributed by atoms with Gasteiger partial charge >= 0.3 is 5.97 Å². The van der Waals surface area contributed by atoms with E-state index in [1.54, 1.807) is 42.5 Å². The topological polar surface area (TPSA) is 171 Å². The van der Waals surface area contributed by atoms with Crippen LogP contribution >= 0.6 is 11.6 Å². The molecular formula is C48H47ClN4O7. The Kier molecular flexibility index (Phi) is 15.0. The van der Waals surface area contributed by atoms with E-state index in [4.69, 9.17) is 11.6 Å². The fourth-order valence-corrected chi connectivity index (χ4v) is 7.43. The molecule has 5 aromatic rings. The summed E-state index contributed by atoms with van der Waals surface area (Å²) in [5, 5.41) is 22.1. The van der Waals surface area contributed by atoms with Crippen LogP contribution in [0.1, 0.15) is 47.9 Å². The summed E-state index contributed by atoms with van der Waals surface area (Å²) in [5.74, 6) is -5.01. The molecule has 11 nitrogen and oxygen atoms in total. The van der Waals surface area contributed by atoms with Crippen molar-refractivity contribution in [2.24, 2.45) is 5.92 Å². The molecule has 308 valence electrons. The van der Waals surface area contributed by atoms with Gasteiger partial charge in [0.1, 0.15) is 12.1 Å². The largest absolute Gasteiger partial charge is 0.481 e. The highest BCUT2D eigenvalue weighted by Gasteiger charge is 2.32. The number of halogens is 1. The van der Waals surface area contributed by atoms with Crippen molar-refractivity contribution in [1.82, 2.24) is 16.0 Å². The van der Waals surface area contributed by atoms with Gasteiger partial charge in [-0.25, -0.2) is 0 Å². The number of Topliss-reactive ketones (excluding diaryl/α,β-unsaturated/α-hetero) is 1. The summed E-state index contributed by atoms with van der Waals surface area (Å²) in [6.45, 7) is 0. The van der Waals surface area contributed by atoms with E-state index in [0.29, 0.717) is 28.3 Å². The maximum Gasteiger partial charge on any atom is 0.307 e. The first-order valence-electron chi connectivity index (χ1n) is 20.0. The number of hydrogen-bond donors (Lipinski definition) is 5. The Hall–Kier alpha value is -6.59. The van der Waals surface area contributed by atoms with Gasteiger partial charge in [0.15, 0.2) is 5.78 Å². The van der Waals surface area contributed by atoms with Crippen molar-refractivity contribution in [3.8, 4) is 11.1 Å². The molecule has 2 bridgehead atoms. The molecule has 0 radical (unpaired) electrons. The Labute approximate surface area is 353 Å². The van der Waals surface area contributed by atoms with Crippen molar-refractivity contribution in [2.45, 2.75) is 69.5 Å². The van der Waals surface area contributed by atoms with Crippen molar-refractivity contribution in [3.63, 3.8) is 0 Å². The van der Waals surface area contributed by atoms with Crippen LogP contribution in [-0.4, -0.2) is 58.6 Å². The van der Waals surface area contributed by atoms with Gasteiger partial charge in [0, 0.05) is 42.0 Å². The molecule has 0 aromatic heterocycles. The predicted molar refractivity (Wildman–Crippen MR) is 230 cm³/mol. The molecule has 4 amide bonds. The van der Waals surface area contributed by atoms with Gasteiger partial charge in [0.05, 0.1) is 12.0 Å². The van der Waals surface area contributed by atoms with Crippen molar-refractivity contribution in [1.29, 1.82) is 0 Å². The van der Waals surface area contributed by atoms with Gasteiger partial charge in [0.2, 0.25) is 23.6 Å². The number of carbonyl (C=O) groups is 6. The Morgan fingerprint density at radius 2 is 1.15 bits per heavy atom. The van der Waals surface area contributed by atoms with E-state index in [1.807, 2.05) is 91.0 Å². The first kappa shape index (κ1) is 43.0. The monoisotopic (exact) mass is 826 g/mol. The lowest BCUT2D eigenvalue weighted by atomic mass is 9.90. The van der Waals surface area contributed by atoms with Gasteiger partial charge in [-0.1, -0.05) is 127 Å². The number of benzene rings is 5. The van der Waals surface area contributed by atoms with Gasteiger partial charge in [-0.15, -0.1) is 0 Å². The second-order valence-electron chi connectivity index (χ2n) is 15.0. The van der Waals surface area contributed by atoms with E-state index in [-0.39, 0.29) is 44.9 Å². The van der Waals surface area contributed by atoms with Crippen LogP contribution in [0.4, 0.5) is 5.69 Å². The van der Waals surface area contributed by atoms with Crippen LogP contribution in [-0.2, 0) is 54.5 Å². The molecule has 12 heteroatoms. The third-order valence-electron chi connectivity index (χ3n) is 10.5. The molecule has 60 heavy (non-hydrogen) atoms. The van der Waals surface area contributed by atoms with E-state index in [2.05, 4.69) is 21.3 Å². The van der Waals surface area contributed by atoms with Crippen LogP contribution in [0.3, 0.4) is 0 Å². The average Bonchev–Trinajstić information content (AvgIpc) is 3.25. The average molecular weight is 827 g/mol. The zero-order valence-corrected chi connectivity index (χ0v) is 33.7. The highest BCUT2D eigenvalue weighted by molar-refractivity contribution is 6.33. The highest BCUT2D eigenvalue weighted by Crippen LogP contribution is 2.28. The molecule has 4 atom stereocenters. The van der Waals surface area contributed by atoms with Crippen molar-refractivity contribution < 1.29 is 33.9 Å². The number of amides is 4. The number of carboxylic acid groups (broad SMARTS) is 1. The maximum atomic E-state index is 14.5. The normalized spacial score (nSPS) is 19.6. The number of aryl methyl sites for hydroxylation is 1. The number of hydrogen-bond acceptors (Lipinski definition) is 6. The third kappa shape index (κ3) is 12.5. The number of carbonyl (C=O) groups excluding carboxylic acids is 5. The fraction of sp³-hybridized carbons (Fsp3) is 0.250. The van der Waals surface area contributed by atoms with Crippen molar-refractivity contribution in [2.75, 3.05) is 5.32 Å². The predicted octanol–water partition coefficient (Wildman–Crippen LogP) is 6.51. The van der Waals surface area contributed by atoms with Gasteiger partial charge in [-0.2, -0.15) is 0 Å². The molecular weight excluding hydrogens is 780 g/mol. The fourth-order valence-electron chi connectivity index (χ4n) is 7.18. The number of fused-ring (bicyclic) bond motifs is 18. The lowest BCUT2D eigenvalue weighted by Gasteiger charge is -2.26. The van der Waals surface area contributed by atoms with Crippen LogP contribution < -0.4 is 21.3 Å². The minimum absolute atomic E-state index is 0.0136. The Balaban J connectivity index is 1.34. The van der Waals surface area contributed by atoms with Crippen LogP contribution in [0.2, 0.25) is 5.02 Å². The molecule has 2 aliphatic rings. The summed E-state index contributed by atoms with van der Waals surface area (Å²) in [6, 6.07) is 36.5. The zero-order valence-electron chi connectivity index (χ0n) is 32.9. The molecule has 2 heterocycles. The summed E-state index contributed by atoms with van der Waals surface area (Å²) < 4.78 is 0. The maximum absolute atomic E-state index is 14.5. The van der Waals surface area contributed by atoms with E-state index in [1.165, 1.54) is 0 Å². The molecule has 0 aliphatic carbocycles. The first-order valence-corrected chi connectivity index (χ1v) is 20.3. The molecule has 0 fully saturated rings. The van der Waals surface area contributed by atoms with E-state index >= 15 is 0 Å². The number of nitrogens with one attached hydrogen (secondary N) is 4. The van der Waals surface area contributed by atoms with E-state index in [9.17, 15) is 33.9 Å².